The Bertz CT molecular complexity index is 573. The monoisotopic (exact) mass is 359 g/mol. The number of rotatable bonds is 6. The van der Waals surface area contributed by atoms with Crippen LogP contribution < -0.4 is 15.4 Å². The lowest BCUT2D eigenvalue weighted by Crippen LogP contribution is -2.49. The third-order valence-electron chi connectivity index (χ3n) is 5.23. The Balaban J connectivity index is 1.47. The molecule has 1 aromatic carbocycles. The van der Waals surface area contributed by atoms with Gasteiger partial charge in [0.1, 0.15) is 11.9 Å². The SMILES string of the molecule is CCNC(=NCC(C)N1CCN(C)CC1)NCC1Cc2ccccc2O1. The topological polar surface area (TPSA) is 52.1 Å². The fraction of sp³-hybridized carbons (Fsp3) is 0.650. The van der Waals surface area contributed by atoms with Gasteiger partial charge in [0.15, 0.2) is 5.96 Å². The molecule has 2 aliphatic rings. The summed E-state index contributed by atoms with van der Waals surface area (Å²) in [6, 6.07) is 8.76. The van der Waals surface area contributed by atoms with Gasteiger partial charge in [-0.15, -0.1) is 0 Å². The lowest BCUT2D eigenvalue weighted by molar-refractivity contribution is 0.122. The lowest BCUT2D eigenvalue weighted by Gasteiger charge is -2.35. The summed E-state index contributed by atoms with van der Waals surface area (Å²) in [6.45, 7) is 11.4. The van der Waals surface area contributed by atoms with E-state index in [1.54, 1.807) is 0 Å². The van der Waals surface area contributed by atoms with Crippen LogP contribution in [0.3, 0.4) is 0 Å². The van der Waals surface area contributed by atoms with Gasteiger partial charge in [0.25, 0.3) is 0 Å². The first-order chi connectivity index (χ1) is 12.7. The summed E-state index contributed by atoms with van der Waals surface area (Å²) in [5.74, 6) is 1.90. The summed E-state index contributed by atoms with van der Waals surface area (Å²) >= 11 is 0. The number of nitrogens with zero attached hydrogens (tertiary/aromatic N) is 3. The van der Waals surface area contributed by atoms with Crippen LogP contribution >= 0.6 is 0 Å². The number of fused-ring (bicyclic) bond motifs is 1. The minimum absolute atomic E-state index is 0.173. The van der Waals surface area contributed by atoms with Gasteiger partial charge < -0.3 is 20.3 Å². The van der Waals surface area contributed by atoms with Crippen LogP contribution in [0.4, 0.5) is 0 Å². The molecule has 1 saturated heterocycles. The van der Waals surface area contributed by atoms with Crippen molar-refractivity contribution in [1.82, 2.24) is 20.4 Å². The highest BCUT2D eigenvalue weighted by molar-refractivity contribution is 5.79. The Morgan fingerprint density at radius 2 is 2.00 bits per heavy atom. The first-order valence-corrected chi connectivity index (χ1v) is 9.85. The Morgan fingerprint density at radius 1 is 1.23 bits per heavy atom. The van der Waals surface area contributed by atoms with Crippen molar-refractivity contribution in [3.05, 3.63) is 29.8 Å². The van der Waals surface area contributed by atoms with E-state index in [0.29, 0.717) is 6.04 Å². The predicted octanol–water partition coefficient (Wildman–Crippen LogP) is 1.18. The maximum Gasteiger partial charge on any atom is 0.191 e. The summed E-state index contributed by atoms with van der Waals surface area (Å²) in [4.78, 5) is 9.72. The molecule has 6 nitrogen and oxygen atoms in total. The lowest BCUT2D eigenvalue weighted by atomic mass is 10.1. The second-order valence-electron chi connectivity index (χ2n) is 7.34. The Labute approximate surface area is 157 Å². The van der Waals surface area contributed by atoms with Crippen LogP contribution in [-0.4, -0.2) is 80.8 Å². The molecule has 2 N–H and O–H groups in total. The molecule has 0 saturated carbocycles. The van der Waals surface area contributed by atoms with Crippen molar-refractivity contribution in [3.8, 4) is 5.75 Å². The first-order valence-electron chi connectivity index (χ1n) is 9.85. The molecule has 144 valence electrons. The number of benzene rings is 1. The average molecular weight is 360 g/mol. The highest BCUT2D eigenvalue weighted by Crippen LogP contribution is 2.27. The number of nitrogens with one attached hydrogen (secondary N) is 2. The molecule has 2 heterocycles. The van der Waals surface area contributed by atoms with Crippen molar-refractivity contribution in [2.45, 2.75) is 32.4 Å². The van der Waals surface area contributed by atoms with E-state index < -0.39 is 0 Å². The van der Waals surface area contributed by atoms with Gasteiger partial charge in [-0.25, -0.2) is 0 Å². The second kappa shape index (κ2) is 9.24. The van der Waals surface area contributed by atoms with E-state index in [1.807, 2.05) is 12.1 Å². The summed E-state index contributed by atoms with van der Waals surface area (Å²) < 4.78 is 6.01. The van der Waals surface area contributed by atoms with Crippen molar-refractivity contribution in [2.75, 3.05) is 52.9 Å². The molecule has 1 fully saturated rings. The summed E-state index contributed by atoms with van der Waals surface area (Å²) in [5.41, 5.74) is 1.30. The van der Waals surface area contributed by atoms with Crippen LogP contribution in [0.2, 0.25) is 0 Å². The number of hydrogen-bond acceptors (Lipinski definition) is 4. The highest BCUT2D eigenvalue weighted by atomic mass is 16.5. The van der Waals surface area contributed by atoms with Crippen LogP contribution in [0.15, 0.2) is 29.3 Å². The maximum atomic E-state index is 6.01. The molecule has 26 heavy (non-hydrogen) atoms. The minimum Gasteiger partial charge on any atom is -0.488 e. The molecule has 2 unspecified atom stereocenters. The number of guanidine groups is 1. The summed E-state index contributed by atoms with van der Waals surface area (Å²) in [6.07, 6.45) is 1.13. The van der Waals surface area contributed by atoms with Gasteiger partial charge in [0, 0.05) is 45.2 Å². The highest BCUT2D eigenvalue weighted by Gasteiger charge is 2.22. The molecule has 0 aliphatic carbocycles. The molecule has 1 aromatic rings. The van der Waals surface area contributed by atoms with E-state index in [9.17, 15) is 0 Å². The maximum absolute atomic E-state index is 6.01. The van der Waals surface area contributed by atoms with Crippen LogP contribution in [0.1, 0.15) is 19.4 Å². The molecule has 0 bridgehead atoms. The molecule has 2 aliphatic heterocycles. The summed E-state index contributed by atoms with van der Waals surface area (Å²) in [7, 11) is 2.19. The van der Waals surface area contributed by atoms with E-state index in [-0.39, 0.29) is 6.10 Å². The van der Waals surface area contributed by atoms with E-state index in [2.05, 4.69) is 53.5 Å². The Kier molecular flexibility index (Phi) is 6.74. The normalized spacial score (nSPS) is 22.6. The number of aliphatic imine (C=N–C) groups is 1. The standard InChI is InChI=1S/C20H33N5O/c1-4-21-20(22-14-16(2)25-11-9-24(3)10-12-25)23-15-18-13-17-7-5-6-8-19(17)26-18/h5-8,16,18H,4,9-15H2,1-3H3,(H2,21,22,23). The number of piperazine rings is 1. The smallest absolute Gasteiger partial charge is 0.191 e. The van der Waals surface area contributed by atoms with Crippen molar-refractivity contribution in [2.24, 2.45) is 4.99 Å². The van der Waals surface area contributed by atoms with E-state index in [1.165, 1.54) is 5.56 Å². The van der Waals surface area contributed by atoms with E-state index in [4.69, 9.17) is 9.73 Å². The van der Waals surface area contributed by atoms with Gasteiger partial charge in [0.2, 0.25) is 0 Å². The minimum atomic E-state index is 0.173. The number of ether oxygens (including phenoxy) is 1. The summed E-state index contributed by atoms with van der Waals surface area (Å²) in [5, 5.41) is 6.80. The quantitative estimate of drug-likeness (QED) is 0.590. The average Bonchev–Trinajstić information content (AvgIpc) is 3.07. The van der Waals surface area contributed by atoms with Crippen LogP contribution in [0, 0.1) is 0 Å². The van der Waals surface area contributed by atoms with Gasteiger partial charge in [-0.2, -0.15) is 0 Å². The van der Waals surface area contributed by atoms with Crippen molar-refractivity contribution < 1.29 is 4.74 Å². The fourth-order valence-corrected chi connectivity index (χ4v) is 3.52. The van der Waals surface area contributed by atoms with E-state index in [0.717, 1.165) is 63.9 Å². The molecule has 0 amide bonds. The van der Waals surface area contributed by atoms with Gasteiger partial charge in [-0.05, 0) is 32.5 Å². The molecule has 0 radical (unpaired) electrons. The zero-order valence-electron chi connectivity index (χ0n) is 16.4. The molecular formula is C20H33N5O. The van der Waals surface area contributed by atoms with E-state index >= 15 is 0 Å². The van der Waals surface area contributed by atoms with Crippen molar-refractivity contribution in [3.63, 3.8) is 0 Å². The van der Waals surface area contributed by atoms with Gasteiger partial charge in [-0.3, -0.25) is 9.89 Å². The fourth-order valence-electron chi connectivity index (χ4n) is 3.52. The first kappa shape index (κ1) is 19.0. The molecule has 6 heteroatoms. The van der Waals surface area contributed by atoms with Crippen LogP contribution in [-0.2, 0) is 6.42 Å². The molecule has 0 spiro atoms. The van der Waals surface area contributed by atoms with Crippen LogP contribution in [0.5, 0.6) is 5.75 Å². The van der Waals surface area contributed by atoms with Crippen molar-refractivity contribution in [1.29, 1.82) is 0 Å². The molecule has 0 aromatic heterocycles. The Morgan fingerprint density at radius 3 is 2.73 bits per heavy atom. The zero-order chi connectivity index (χ0) is 18.4. The van der Waals surface area contributed by atoms with Gasteiger partial charge in [-0.1, -0.05) is 18.2 Å². The Hall–Kier alpha value is -1.79. The van der Waals surface area contributed by atoms with Gasteiger partial charge >= 0.3 is 0 Å². The van der Waals surface area contributed by atoms with Crippen molar-refractivity contribution >= 4 is 5.96 Å². The number of para-hydroxylation sites is 1. The molecule has 3 rings (SSSR count). The van der Waals surface area contributed by atoms with Gasteiger partial charge in [0.05, 0.1) is 13.1 Å². The number of hydrogen-bond donors (Lipinski definition) is 2. The third kappa shape index (κ3) is 5.11. The zero-order valence-corrected chi connectivity index (χ0v) is 16.4. The molecular weight excluding hydrogens is 326 g/mol. The number of likely N-dealkylation sites (N-methyl/N-ethyl adjacent to an activating group) is 1. The third-order valence-corrected chi connectivity index (χ3v) is 5.23. The predicted molar refractivity (Wildman–Crippen MR) is 107 cm³/mol. The largest absolute Gasteiger partial charge is 0.488 e. The van der Waals surface area contributed by atoms with Crippen LogP contribution in [0.25, 0.3) is 0 Å². The second-order valence-corrected chi connectivity index (χ2v) is 7.34. The molecule has 2 atom stereocenters.